The molecule has 0 aromatic carbocycles. The van der Waals surface area contributed by atoms with Crippen LogP contribution in [-0.4, -0.2) is 23.9 Å². The molecule has 1 N–H and O–H groups in total. The average molecular weight is 219 g/mol. The van der Waals surface area contributed by atoms with E-state index in [9.17, 15) is 4.79 Å². The molecule has 0 unspecified atom stereocenters. The Morgan fingerprint density at radius 1 is 1.50 bits per heavy atom. The number of alkyl carbamates (subject to hydrolysis) is 1. The molecule has 0 aromatic heterocycles. The van der Waals surface area contributed by atoms with Crippen molar-refractivity contribution in [2.75, 3.05) is 7.05 Å². The normalized spacial score (nSPS) is 12.2. The van der Waals surface area contributed by atoms with E-state index in [2.05, 4.69) is 16.9 Å². The Morgan fingerprint density at radius 2 is 2.00 bits per heavy atom. The van der Waals surface area contributed by atoms with Crippen molar-refractivity contribution >= 4 is 22.9 Å². The van der Waals surface area contributed by atoms with E-state index in [-0.39, 0.29) is 10.9 Å². The minimum absolute atomic E-state index is 0.149. The number of carbonyl (C=O) groups is 1. The zero-order valence-electron chi connectivity index (χ0n) is 8.85. The third-order valence-corrected chi connectivity index (χ3v) is 1.49. The number of amides is 1. The fourth-order valence-electron chi connectivity index (χ4n) is 0.613. The quantitative estimate of drug-likeness (QED) is 0.723. The Balaban J connectivity index is 4.15. The number of hydrogen-bond donors (Lipinski definition) is 1. The summed E-state index contributed by atoms with van der Waals surface area (Å²) < 4.78 is 4.98. The van der Waals surface area contributed by atoms with Crippen LogP contribution >= 0.6 is 11.6 Å². The average Bonchev–Trinajstić information content (AvgIpc) is 1.99. The van der Waals surface area contributed by atoms with Crippen molar-refractivity contribution in [3.63, 3.8) is 0 Å². The molecular formula is C9H15ClN2O2. The molecular weight excluding hydrogens is 204 g/mol. The zero-order chi connectivity index (χ0) is 11.4. The monoisotopic (exact) mass is 218 g/mol. The van der Waals surface area contributed by atoms with E-state index in [4.69, 9.17) is 16.3 Å². The molecule has 14 heavy (non-hydrogen) atoms. The molecule has 0 saturated heterocycles. The molecule has 0 aliphatic rings. The number of hydrogen-bond acceptors (Lipinski definition) is 3. The van der Waals surface area contributed by atoms with Crippen LogP contribution in [0.1, 0.15) is 20.8 Å². The molecule has 0 spiro atoms. The first-order valence-electron chi connectivity index (χ1n) is 4.08. The first-order valence-corrected chi connectivity index (χ1v) is 4.45. The van der Waals surface area contributed by atoms with Crippen LogP contribution in [0.25, 0.3) is 0 Å². The number of nitrogens with zero attached hydrogens (tertiary/aromatic N) is 1. The lowest BCUT2D eigenvalue weighted by Gasteiger charge is -2.19. The number of rotatable bonds is 2. The van der Waals surface area contributed by atoms with E-state index < -0.39 is 11.7 Å². The van der Waals surface area contributed by atoms with Crippen molar-refractivity contribution in [2.45, 2.75) is 26.4 Å². The van der Waals surface area contributed by atoms with Gasteiger partial charge in [-0.1, -0.05) is 18.2 Å². The van der Waals surface area contributed by atoms with Crippen LogP contribution < -0.4 is 5.32 Å². The number of allylic oxidation sites excluding steroid dienone is 1. The maximum Gasteiger partial charge on any atom is 0.412 e. The highest BCUT2D eigenvalue weighted by molar-refractivity contribution is 6.69. The molecule has 0 saturated carbocycles. The maximum absolute atomic E-state index is 11.2. The van der Waals surface area contributed by atoms with E-state index in [0.29, 0.717) is 0 Å². The van der Waals surface area contributed by atoms with Crippen LogP contribution in [0.2, 0.25) is 0 Å². The standard InChI is InChI=1S/C9H15ClN2O2/c1-6(7(10)11-5)12-8(13)14-9(2,3)4/h1H2,2-5H3,(H,12,13). The molecule has 0 radical (unpaired) electrons. The minimum atomic E-state index is -0.593. The summed E-state index contributed by atoms with van der Waals surface area (Å²) in [6.45, 7) is 8.83. The van der Waals surface area contributed by atoms with Crippen LogP contribution in [0.3, 0.4) is 0 Å². The van der Waals surface area contributed by atoms with Gasteiger partial charge < -0.3 is 4.74 Å². The first-order chi connectivity index (χ1) is 6.26. The fraction of sp³-hybridized carbons (Fsp3) is 0.556. The summed E-state index contributed by atoms with van der Waals surface area (Å²) in [5.41, 5.74) is -0.316. The van der Waals surface area contributed by atoms with Gasteiger partial charge in [0, 0.05) is 7.05 Å². The highest BCUT2D eigenvalue weighted by Gasteiger charge is 2.17. The van der Waals surface area contributed by atoms with Crippen molar-refractivity contribution in [2.24, 2.45) is 4.99 Å². The molecule has 0 aliphatic heterocycles. The van der Waals surface area contributed by atoms with E-state index in [1.165, 1.54) is 7.05 Å². The van der Waals surface area contributed by atoms with Crippen LogP contribution in [0.4, 0.5) is 4.79 Å². The molecule has 4 nitrogen and oxygen atoms in total. The molecule has 0 rings (SSSR count). The molecule has 0 atom stereocenters. The summed E-state index contributed by atoms with van der Waals surface area (Å²) in [4.78, 5) is 14.8. The molecule has 0 aliphatic carbocycles. The maximum atomic E-state index is 11.2. The number of nitrogens with one attached hydrogen (secondary N) is 1. The molecule has 0 heterocycles. The van der Waals surface area contributed by atoms with Gasteiger partial charge in [0.25, 0.3) is 0 Å². The first kappa shape index (κ1) is 13.0. The molecule has 0 fully saturated rings. The fourth-order valence-corrected chi connectivity index (χ4v) is 0.661. The van der Waals surface area contributed by atoms with Gasteiger partial charge in [0.15, 0.2) is 0 Å². The lowest BCUT2D eigenvalue weighted by Crippen LogP contribution is -2.33. The second-order valence-corrected chi connectivity index (χ2v) is 3.98. The van der Waals surface area contributed by atoms with Gasteiger partial charge in [-0.25, -0.2) is 4.79 Å². The Bertz CT molecular complexity index is 266. The van der Waals surface area contributed by atoms with Crippen LogP contribution in [0.5, 0.6) is 0 Å². The van der Waals surface area contributed by atoms with E-state index in [1.54, 1.807) is 20.8 Å². The topological polar surface area (TPSA) is 50.7 Å². The molecule has 0 aromatic rings. The molecule has 5 heteroatoms. The summed E-state index contributed by atoms with van der Waals surface area (Å²) in [5.74, 6) is 0. The van der Waals surface area contributed by atoms with Crippen molar-refractivity contribution in [1.29, 1.82) is 0 Å². The van der Waals surface area contributed by atoms with Gasteiger partial charge in [0.05, 0.1) is 5.70 Å². The van der Waals surface area contributed by atoms with Crippen molar-refractivity contribution in [1.82, 2.24) is 5.32 Å². The van der Waals surface area contributed by atoms with Crippen molar-refractivity contribution in [3.8, 4) is 0 Å². The predicted octanol–water partition coefficient (Wildman–Crippen LogP) is 2.29. The smallest absolute Gasteiger partial charge is 0.412 e. The molecule has 1 amide bonds. The lowest BCUT2D eigenvalue weighted by molar-refractivity contribution is 0.0549. The Morgan fingerprint density at radius 3 is 2.36 bits per heavy atom. The van der Waals surface area contributed by atoms with Crippen LogP contribution in [0, 0.1) is 0 Å². The number of ether oxygens (including phenoxy) is 1. The lowest BCUT2D eigenvalue weighted by atomic mass is 10.2. The third-order valence-electron chi connectivity index (χ3n) is 1.10. The van der Waals surface area contributed by atoms with Crippen LogP contribution in [-0.2, 0) is 4.74 Å². The van der Waals surface area contributed by atoms with Crippen molar-refractivity contribution in [3.05, 3.63) is 12.3 Å². The van der Waals surface area contributed by atoms with Crippen molar-refractivity contribution < 1.29 is 9.53 Å². The van der Waals surface area contributed by atoms with Gasteiger partial charge in [-0.3, -0.25) is 10.3 Å². The summed E-state index contributed by atoms with van der Waals surface area (Å²) in [6.07, 6.45) is -0.593. The molecule has 0 bridgehead atoms. The summed E-state index contributed by atoms with van der Waals surface area (Å²) in [6, 6.07) is 0. The van der Waals surface area contributed by atoms with E-state index >= 15 is 0 Å². The predicted molar refractivity (Wildman–Crippen MR) is 57.7 cm³/mol. The largest absolute Gasteiger partial charge is 0.444 e. The summed E-state index contributed by atoms with van der Waals surface area (Å²) in [7, 11) is 1.50. The summed E-state index contributed by atoms with van der Waals surface area (Å²) in [5, 5.41) is 2.52. The highest BCUT2D eigenvalue weighted by Crippen LogP contribution is 2.07. The highest BCUT2D eigenvalue weighted by atomic mass is 35.5. The molecule has 80 valence electrons. The van der Waals surface area contributed by atoms with Crippen LogP contribution in [0.15, 0.2) is 17.3 Å². The van der Waals surface area contributed by atoms with Gasteiger partial charge in [-0.05, 0) is 20.8 Å². The van der Waals surface area contributed by atoms with E-state index in [0.717, 1.165) is 0 Å². The van der Waals surface area contributed by atoms with Gasteiger partial charge in [0.1, 0.15) is 10.8 Å². The Labute approximate surface area is 89.0 Å². The Hall–Kier alpha value is -1.03. The third kappa shape index (κ3) is 5.59. The van der Waals surface area contributed by atoms with Gasteiger partial charge in [-0.2, -0.15) is 0 Å². The Kier molecular flexibility index (Phi) is 4.63. The zero-order valence-corrected chi connectivity index (χ0v) is 9.60. The number of halogens is 1. The SMILES string of the molecule is C=C(NC(=O)OC(C)(C)C)C(Cl)=NC. The summed E-state index contributed by atoms with van der Waals surface area (Å²) >= 11 is 5.61. The number of aliphatic imine (C=N–C) groups is 1. The van der Waals surface area contributed by atoms with E-state index in [1.807, 2.05) is 0 Å². The second-order valence-electron chi connectivity index (χ2n) is 3.62. The van der Waals surface area contributed by atoms with Gasteiger partial charge in [0.2, 0.25) is 0 Å². The van der Waals surface area contributed by atoms with Gasteiger partial charge in [-0.15, -0.1) is 0 Å². The minimum Gasteiger partial charge on any atom is -0.444 e. The second kappa shape index (κ2) is 5.00. The number of carbonyl (C=O) groups excluding carboxylic acids is 1. The van der Waals surface area contributed by atoms with Gasteiger partial charge >= 0.3 is 6.09 Å².